The third kappa shape index (κ3) is 3.21. The van der Waals surface area contributed by atoms with Crippen molar-refractivity contribution in [1.29, 1.82) is 0 Å². The molecule has 98 valence electrons. The number of nitrogens with two attached hydrogens (primary N) is 1. The molecule has 18 heavy (non-hydrogen) atoms. The standard InChI is InChI=1S/C14H20N2OS/c1-16-9-4-5-11(16)8-10-17-13-7-3-2-6-12(13)14(15)18/h2-3,6-7,11H,4-5,8-10H2,1H3,(H2,15,18). The Morgan fingerprint density at radius 3 is 2.94 bits per heavy atom. The van der Waals surface area contributed by atoms with Crippen LogP contribution in [0.2, 0.25) is 0 Å². The fourth-order valence-electron chi connectivity index (χ4n) is 2.44. The summed E-state index contributed by atoms with van der Waals surface area (Å²) in [6.07, 6.45) is 3.63. The molecule has 1 atom stereocenters. The molecular weight excluding hydrogens is 244 g/mol. The first kappa shape index (κ1) is 13.3. The Morgan fingerprint density at radius 2 is 2.28 bits per heavy atom. The van der Waals surface area contributed by atoms with Crippen LogP contribution in [0.15, 0.2) is 24.3 Å². The van der Waals surface area contributed by atoms with E-state index in [1.165, 1.54) is 19.4 Å². The number of para-hydroxylation sites is 1. The molecule has 1 aromatic carbocycles. The Morgan fingerprint density at radius 1 is 1.50 bits per heavy atom. The maximum Gasteiger partial charge on any atom is 0.129 e. The van der Waals surface area contributed by atoms with Gasteiger partial charge >= 0.3 is 0 Å². The zero-order chi connectivity index (χ0) is 13.0. The summed E-state index contributed by atoms with van der Waals surface area (Å²) in [5, 5.41) is 0. The molecule has 3 nitrogen and oxygen atoms in total. The molecule has 2 N–H and O–H groups in total. The predicted octanol–water partition coefficient (Wildman–Crippen LogP) is 2.18. The highest BCUT2D eigenvalue weighted by molar-refractivity contribution is 7.80. The quantitative estimate of drug-likeness (QED) is 0.827. The second-order valence-corrected chi connectivity index (χ2v) is 5.21. The number of hydrogen-bond acceptors (Lipinski definition) is 3. The van der Waals surface area contributed by atoms with Crippen molar-refractivity contribution in [3.05, 3.63) is 29.8 Å². The summed E-state index contributed by atoms with van der Waals surface area (Å²) in [6.45, 7) is 1.92. The SMILES string of the molecule is CN1CCCC1CCOc1ccccc1C(N)=S. The van der Waals surface area contributed by atoms with Crippen LogP contribution in [0.5, 0.6) is 5.75 Å². The van der Waals surface area contributed by atoms with Gasteiger partial charge in [0.25, 0.3) is 0 Å². The van der Waals surface area contributed by atoms with E-state index in [-0.39, 0.29) is 0 Å². The summed E-state index contributed by atoms with van der Waals surface area (Å²) in [5.41, 5.74) is 6.50. The Labute approximate surface area is 114 Å². The summed E-state index contributed by atoms with van der Waals surface area (Å²) < 4.78 is 5.81. The smallest absolute Gasteiger partial charge is 0.129 e. The minimum Gasteiger partial charge on any atom is -0.493 e. The van der Waals surface area contributed by atoms with E-state index in [9.17, 15) is 0 Å². The molecule has 0 amide bonds. The van der Waals surface area contributed by atoms with Crippen molar-refractivity contribution in [1.82, 2.24) is 4.90 Å². The number of likely N-dealkylation sites (tertiary alicyclic amines) is 1. The van der Waals surface area contributed by atoms with Crippen LogP contribution < -0.4 is 10.5 Å². The third-order valence-corrected chi connectivity index (χ3v) is 3.75. The van der Waals surface area contributed by atoms with Gasteiger partial charge in [0, 0.05) is 6.04 Å². The largest absolute Gasteiger partial charge is 0.493 e. The molecule has 1 unspecified atom stereocenters. The maximum absolute atomic E-state index is 5.81. The monoisotopic (exact) mass is 264 g/mol. The van der Waals surface area contributed by atoms with Gasteiger partial charge in [0.05, 0.1) is 12.2 Å². The number of nitrogens with zero attached hydrogens (tertiary/aromatic N) is 1. The summed E-state index contributed by atoms with van der Waals surface area (Å²) in [6, 6.07) is 8.35. The molecule has 1 saturated heterocycles. The number of thiocarbonyl (C=S) groups is 1. The molecule has 2 rings (SSSR count). The number of ether oxygens (including phenoxy) is 1. The third-order valence-electron chi connectivity index (χ3n) is 3.53. The lowest BCUT2D eigenvalue weighted by Gasteiger charge is -2.19. The first-order valence-electron chi connectivity index (χ1n) is 6.40. The molecule has 0 aromatic heterocycles. The fourth-order valence-corrected chi connectivity index (χ4v) is 2.61. The zero-order valence-corrected chi connectivity index (χ0v) is 11.6. The van der Waals surface area contributed by atoms with Gasteiger partial charge in [0.15, 0.2) is 0 Å². The van der Waals surface area contributed by atoms with Crippen LogP contribution in [0, 0.1) is 0 Å². The molecule has 0 radical (unpaired) electrons. The van der Waals surface area contributed by atoms with E-state index < -0.39 is 0 Å². The van der Waals surface area contributed by atoms with Crippen molar-refractivity contribution >= 4 is 17.2 Å². The molecule has 0 aliphatic carbocycles. The Balaban J connectivity index is 1.88. The summed E-state index contributed by atoms with van der Waals surface area (Å²) in [7, 11) is 2.18. The van der Waals surface area contributed by atoms with Crippen LogP contribution >= 0.6 is 12.2 Å². The van der Waals surface area contributed by atoms with E-state index in [1.807, 2.05) is 24.3 Å². The molecule has 0 spiro atoms. The van der Waals surface area contributed by atoms with Crippen LogP contribution in [-0.2, 0) is 0 Å². The van der Waals surface area contributed by atoms with Crippen molar-refractivity contribution in [3.63, 3.8) is 0 Å². The Bertz CT molecular complexity index is 422. The van der Waals surface area contributed by atoms with Gasteiger partial charge in [-0.05, 0) is 45.0 Å². The van der Waals surface area contributed by atoms with E-state index in [0.717, 1.165) is 17.7 Å². The first-order chi connectivity index (χ1) is 8.68. The molecule has 1 aliphatic rings. The second-order valence-electron chi connectivity index (χ2n) is 4.77. The normalized spacial score (nSPS) is 19.9. The lowest BCUT2D eigenvalue weighted by atomic mass is 10.1. The zero-order valence-electron chi connectivity index (χ0n) is 10.8. The molecule has 0 bridgehead atoms. The topological polar surface area (TPSA) is 38.5 Å². The highest BCUT2D eigenvalue weighted by Gasteiger charge is 2.20. The summed E-state index contributed by atoms with van der Waals surface area (Å²) in [5.74, 6) is 0.797. The van der Waals surface area contributed by atoms with Gasteiger partial charge in [-0.1, -0.05) is 24.4 Å². The highest BCUT2D eigenvalue weighted by atomic mass is 32.1. The molecule has 1 heterocycles. The molecule has 1 fully saturated rings. The van der Waals surface area contributed by atoms with E-state index in [1.54, 1.807) is 0 Å². The van der Waals surface area contributed by atoms with Crippen molar-refractivity contribution < 1.29 is 4.74 Å². The first-order valence-corrected chi connectivity index (χ1v) is 6.81. The summed E-state index contributed by atoms with van der Waals surface area (Å²) >= 11 is 5.02. The number of rotatable bonds is 5. The molecule has 4 heteroatoms. The maximum atomic E-state index is 5.81. The summed E-state index contributed by atoms with van der Waals surface area (Å²) in [4.78, 5) is 2.80. The van der Waals surface area contributed by atoms with E-state index in [4.69, 9.17) is 22.7 Å². The van der Waals surface area contributed by atoms with Gasteiger partial charge in [0.1, 0.15) is 10.7 Å². The van der Waals surface area contributed by atoms with Gasteiger partial charge < -0.3 is 15.4 Å². The van der Waals surface area contributed by atoms with Crippen LogP contribution in [0.25, 0.3) is 0 Å². The van der Waals surface area contributed by atoms with Crippen LogP contribution in [0.1, 0.15) is 24.8 Å². The molecule has 1 aliphatic heterocycles. The molecule has 0 saturated carbocycles. The molecular formula is C14H20N2OS. The predicted molar refractivity (Wildman–Crippen MR) is 78.1 cm³/mol. The van der Waals surface area contributed by atoms with E-state index in [0.29, 0.717) is 17.6 Å². The van der Waals surface area contributed by atoms with Gasteiger partial charge in [-0.2, -0.15) is 0 Å². The Hall–Kier alpha value is -1.13. The van der Waals surface area contributed by atoms with Gasteiger partial charge in [-0.15, -0.1) is 0 Å². The minimum absolute atomic E-state index is 0.392. The second kappa shape index (κ2) is 6.16. The molecule has 1 aromatic rings. The van der Waals surface area contributed by atoms with Crippen molar-refractivity contribution in [2.45, 2.75) is 25.3 Å². The van der Waals surface area contributed by atoms with Gasteiger partial charge in [-0.3, -0.25) is 0 Å². The van der Waals surface area contributed by atoms with Crippen molar-refractivity contribution in [2.24, 2.45) is 5.73 Å². The highest BCUT2D eigenvalue weighted by Crippen LogP contribution is 2.21. The Kier molecular flexibility index (Phi) is 4.55. The van der Waals surface area contributed by atoms with Crippen LogP contribution in [0.3, 0.4) is 0 Å². The lowest BCUT2D eigenvalue weighted by molar-refractivity contribution is 0.233. The number of benzene rings is 1. The average molecular weight is 264 g/mol. The van der Waals surface area contributed by atoms with Gasteiger partial charge in [0.2, 0.25) is 0 Å². The van der Waals surface area contributed by atoms with E-state index >= 15 is 0 Å². The minimum atomic E-state index is 0.392. The average Bonchev–Trinajstić information content (AvgIpc) is 2.76. The lowest BCUT2D eigenvalue weighted by Crippen LogP contribution is -2.26. The van der Waals surface area contributed by atoms with Crippen LogP contribution in [-0.4, -0.2) is 36.1 Å². The van der Waals surface area contributed by atoms with Crippen LogP contribution in [0.4, 0.5) is 0 Å². The van der Waals surface area contributed by atoms with Crippen molar-refractivity contribution in [3.8, 4) is 5.75 Å². The van der Waals surface area contributed by atoms with E-state index in [2.05, 4.69) is 11.9 Å². The van der Waals surface area contributed by atoms with Gasteiger partial charge in [-0.25, -0.2) is 0 Å². The van der Waals surface area contributed by atoms with Crippen molar-refractivity contribution in [2.75, 3.05) is 20.2 Å². The fraction of sp³-hybridized carbons (Fsp3) is 0.500. The number of hydrogen-bond donors (Lipinski definition) is 1.